The van der Waals surface area contributed by atoms with Gasteiger partial charge in [0.1, 0.15) is 17.3 Å². The number of nitriles is 1. The fraction of sp³-hybridized carbons (Fsp3) is 0.188. The van der Waals surface area contributed by atoms with Crippen LogP contribution in [0.3, 0.4) is 0 Å². The molecule has 0 saturated carbocycles. The Kier molecular flexibility index (Phi) is 3.18. The molecule has 2 heterocycles. The van der Waals surface area contributed by atoms with E-state index >= 15 is 0 Å². The van der Waals surface area contributed by atoms with Crippen molar-refractivity contribution in [3.8, 4) is 6.07 Å². The molecule has 0 aliphatic rings. The molecule has 2 N–H and O–H groups in total. The number of nitrogens with zero attached hydrogens (tertiary/aromatic N) is 4. The lowest BCUT2D eigenvalue weighted by Crippen LogP contribution is -2.26. The lowest BCUT2D eigenvalue weighted by molar-refractivity contribution is 0.713. The monoisotopic (exact) mass is 293 g/mol. The largest absolute Gasteiger partial charge is 0.382 e. The van der Waals surface area contributed by atoms with Crippen LogP contribution >= 0.6 is 0 Å². The van der Waals surface area contributed by atoms with Crippen molar-refractivity contribution in [3.05, 3.63) is 57.4 Å². The predicted octanol–water partition coefficient (Wildman–Crippen LogP) is 1.55. The molecule has 0 atom stereocenters. The van der Waals surface area contributed by atoms with Gasteiger partial charge in [-0.05, 0) is 18.1 Å². The molecule has 2 aromatic heterocycles. The highest BCUT2D eigenvalue weighted by Gasteiger charge is 2.19. The molecule has 0 radical (unpaired) electrons. The van der Waals surface area contributed by atoms with Crippen LogP contribution in [0.25, 0.3) is 11.0 Å². The van der Waals surface area contributed by atoms with Crippen molar-refractivity contribution in [2.24, 2.45) is 7.05 Å². The van der Waals surface area contributed by atoms with E-state index in [1.807, 2.05) is 36.4 Å². The number of nitrogen functional groups attached to an aromatic ring is 1. The number of aryl methyl sites for hydroxylation is 2. The molecule has 0 saturated heterocycles. The van der Waals surface area contributed by atoms with Crippen molar-refractivity contribution in [2.75, 3.05) is 5.73 Å². The minimum absolute atomic E-state index is 0.114. The van der Waals surface area contributed by atoms with E-state index in [2.05, 4.69) is 5.10 Å². The van der Waals surface area contributed by atoms with Crippen LogP contribution in [-0.2, 0) is 13.6 Å². The van der Waals surface area contributed by atoms with Crippen LogP contribution in [0, 0.1) is 18.3 Å². The number of anilines is 1. The SMILES string of the molecule is Cc1c(C#N)c(=O)n(Cc2ccccc2)c2c1c(N)nn2C. The van der Waals surface area contributed by atoms with E-state index in [1.54, 1.807) is 23.2 Å². The Morgan fingerprint density at radius 1 is 1.32 bits per heavy atom. The first-order valence-corrected chi connectivity index (χ1v) is 6.84. The third kappa shape index (κ3) is 1.95. The van der Waals surface area contributed by atoms with Gasteiger partial charge in [-0.15, -0.1) is 0 Å². The number of hydrogen-bond acceptors (Lipinski definition) is 4. The maximum atomic E-state index is 12.7. The van der Waals surface area contributed by atoms with Crippen molar-refractivity contribution >= 4 is 16.9 Å². The second-order valence-corrected chi connectivity index (χ2v) is 5.20. The molecule has 0 aliphatic carbocycles. The Morgan fingerprint density at radius 2 is 2.00 bits per heavy atom. The number of nitrogens with two attached hydrogens (primary N) is 1. The summed E-state index contributed by atoms with van der Waals surface area (Å²) in [6.45, 7) is 2.09. The number of aromatic nitrogens is 3. The van der Waals surface area contributed by atoms with Crippen LogP contribution in [0.15, 0.2) is 35.1 Å². The summed E-state index contributed by atoms with van der Waals surface area (Å²) in [6.07, 6.45) is 0. The van der Waals surface area contributed by atoms with E-state index in [0.29, 0.717) is 29.0 Å². The molecule has 6 nitrogen and oxygen atoms in total. The van der Waals surface area contributed by atoms with Crippen LogP contribution < -0.4 is 11.3 Å². The molecule has 3 aromatic rings. The van der Waals surface area contributed by atoms with Gasteiger partial charge in [-0.25, -0.2) is 4.68 Å². The molecule has 0 fully saturated rings. The second kappa shape index (κ2) is 5.04. The van der Waals surface area contributed by atoms with Crippen molar-refractivity contribution in [1.29, 1.82) is 5.26 Å². The summed E-state index contributed by atoms with van der Waals surface area (Å²) >= 11 is 0. The molecule has 0 amide bonds. The summed E-state index contributed by atoms with van der Waals surface area (Å²) in [5.41, 5.74) is 7.93. The van der Waals surface area contributed by atoms with E-state index in [1.165, 1.54) is 0 Å². The van der Waals surface area contributed by atoms with Crippen molar-refractivity contribution in [1.82, 2.24) is 14.3 Å². The minimum Gasteiger partial charge on any atom is -0.382 e. The standard InChI is InChI=1S/C16H15N5O/c1-10-12(8-17)16(22)21(9-11-6-4-3-5-7-11)15-13(10)14(18)19-20(15)2/h3-7H,9H2,1-2H3,(H2,18,19). The van der Waals surface area contributed by atoms with Gasteiger partial charge in [0, 0.05) is 7.05 Å². The average molecular weight is 293 g/mol. The van der Waals surface area contributed by atoms with Gasteiger partial charge in [-0.1, -0.05) is 30.3 Å². The zero-order valence-electron chi connectivity index (χ0n) is 12.4. The van der Waals surface area contributed by atoms with Crippen LogP contribution in [0.2, 0.25) is 0 Å². The van der Waals surface area contributed by atoms with E-state index < -0.39 is 0 Å². The molecule has 0 unspecified atom stereocenters. The Labute approximate surface area is 127 Å². The minimum atomic E-state index is -0.320. The summed E-state index contributed by atoms with van der Waals surface area (Å²) in [5, 5.41) is 14.2. The molecule has 3 rings (SSSR count). The number of benzene rings is 1. The Balaban J connectivity index is 2.38. The quantitative estimate of drug-likeness (QED) is 0.776. The topological polar surface area (TPSA) is 89.6 Å². The molecular weight excluding hydrogens is 278 g/mol. The third-order valence-corrected chi connectivity index (χ3v) is 3.80. The molecule has 6 heteroatoms. The van der Waals surface area contributed by atoms with Crippen LogP contribution in [-0.4, -0.2) is 14.3 Å². The fourth-order valence-electron chi connectivity index (χ4n) is 2.77. The molecule has 0 bridgehead atoms. The average Bonchev–Trinajstić information content (AvgIpc) is 2.80. The smallest absolute Gasteiger partial charge is 0.270 e. The van der Waals surface area contributed by atoms with Crippen LogP contribution in [0.4, 0.5) is 5.82 Å². The van der Waals surface area contributed by atoms with Crippen molar-refractivity contribution in [3.63, 3.8) is 0 Å². The first-order chi connectivity index (χ1) is 10.5. The predicted molar refractivity (Wildman–Crippen MR) is 84.4 cm³/mol. The number of rotatable bonds is 2. The van der Waals surface area contributed by atoms with Gasteiger partial charge in [-0.2, -0.15) is 10.4 Å². The number of pyridine rings is 1. The van der Waals surface area contributed by atoms with E-state index in [4.69, 9.17) is 5.73 Å². The normalized spacial score (nSPS) is 10.8. The Hall–Kier alpha value is -3.07. The Morgan fingerprint density at radius 3 is 2.64 bits per heavy atom. The van der Waals surface area contributed by atoms with E-state index in [-0.39, 0.29) is 11.1 Å². The summed E-state index contributed by atoms with van der Waals surface area (Å²) in [6, 6.07) is 11.6. The van der Waals surface area contributed by atoms with Gasteiger partial charge in [0.05, 0.1) is 11.9 Å². The lowest BCUT2D eigenvalue weighted by atomic mass is 10.1. The lowest BCUT2D eigenvalue weighted by Gasteiger charge is -2.11. The van der Waals surface area contributed by atoms with Crippen LogP contribution in [0.5, 0.6) is 0 Å². The van der Waals surface area contributed by atoms with Gasteiger partial charge in [-0.3, -0.25) is 9.36 Å². The summed E-state index contributed by atoms with van der Waals surface area (Å²) in [5.74, 6) is 0.327. The highest BCUT2D eigenvalue weighted by atomic mass is 16.1. The molecule has 110 valence electrons. The van der Waals surface area contributed by atoms with Crippen molar-refractivity contribution < 1.29 is 0 Å². The summed E-state index contributed by atoms with van der Waals surface area (Å²) in [7, 11) is 1.74. The maximum Gasteiger partial charge on any atom is 0.270 e. The zero-order valence-corrected chi connectivity index (χ0v) is 12.4. The van der Waals surface area contributed by atoms with Gasteiger partial charge in [0.2, 0.25) is 0 Å². The molecule has 22 heavy (non-hydrogen) atoms. The van der Waals surface area contributed by atoms with Gasteiger partial charge >= 0.3 is 0 Å². The number of hydrogen-bond donors (Lipinski definition) is 1. The first-order valence-electron chi connectivity index (χ1n) is 6.84. The highest BCUT2D eigenvalue weighted by Crippen LogP contribution is 2.24. The molecular formula is C16H15N5O. The maximum absolute atomic E-state index is 12.7. The fourth-order valence-corrected chi connectivity index (χ4v) is 2.77. The first kappa shape index (κ1) is 13.9. The summed E-state index contributed by atoms with van der Waals surface area (Å²) in [4.78, 5) is 12.7. The zero-order chi connectivity index (χ0) is 15.9. The van der Waals surface area contributed by atoms with Gasteiger partial charge < -0.3 is 5.73 Å². The number of fused-ring (bicyclic) bond motifs is 1. The van der Waals surface area contributed by atoms with Gasteiger partial charge in [0.25, 0.3) is 5.56 Å². The molecule has 0 aliphatic heterocycles. The summed E-state index contributed by atoms with van der Waals surface area (Å²) < 4.78 is 3.14. The Bertz CT molecular complexity index is 960. The van der Waals surface area contributed by atoms with Crippen molar-refractivity contribution in [2.45, 2.75) is 13.5 Å². The van der Waals surface area contributed by atoms with E-state index in [0.717, 1.165) is 5.56 Å². The van der Waals surface area contributed by atoms with E-state index in [9.17, 15) is 10.1 Å². The third-order valence-electron chi connectivity index (χ3n) is 3.80. The van der Waals surface area contributed by atoms with Crippen LogP contribution in [0.1, 0.15) is 16.7 Å². The second-order valence-electron chi connectivity index (χ2n) is 5.20. The highest BCUT2D eigenvalue weighted by molar-refractivity contribution is 5.91. The molecule has 0 spiro atoms. The molecule has 1 aromatic carbocycles. The van der Waals surface area contributed by atoms with Gasteiger partial charge in [0.15, 0.2) is 5.82 Å².